The van der Waals surface area contributed by atoms with Crippen LogP contribution in [0.1, 0.15) is 31.7 Å². The van der Waals surface area contributed by atoms with E-state index in [0.29, 0.717) is 40.0 Å². The molecule has 2 heterocycles. The molecular formula is C16H19ClN4O2. The Morgan fingerprint density at radius 2 is 2.00 bits per heavy atom. The van der Waals surface area contributed by atoms with Crippen molar-refractivity contribution in [3.8, 4) is 23.1 Å². The van der Waals surface area contributed by atoms with E-state index >= 15 is 0 Å². The zero-order valence-electron chi connectivity index (χ0n) is 13.6. The van der Waals surface area contributed by atoms with E-state index < -0.39 is 0 Å². The molecule has 122 valence electrons. The van der Waals surface area contributed by atoms with Crippen LogP contribution < -0.4 is 9.47 Å². The highest BCUT2D eigenvalue weighted by Crippen LogP contribution is 2.53. The van der Waals surface area contributed by atoms with Gasteiger partial charge in [-0.3, -0.25) is 0 Å². The molecule has 3 rings (SSSR count). The Bertz CT molecular complexity index is 723. The summed E-state index contributed by atoms with van der Waals surface area (Å²) in [5, 5.41) is 8.74. The number of ether oxygens (including phenoxy) is 2. The first-order chi connectivity index (χ1) is 11.0. The monoisotopic (exact) mass is 334 g/mol. The predicted molar refractivity (Wildman–Crippen MR) is 86.9 cm³/mol. The van der Waals surface area contributed by atoms with Crippen molar-refractivity contribution in [2.45, 2.75) is 26.2 Å². The number of hydrogen-bond donors (Lipinski definition) is 0. The van der Waals surface area contributed by atoms with Crippen molar-refractivity contribution >= 4 is 11.6 Å². The van der Waals surface area contributed by atoms with Gasteiger partial charge in [0.1, 0.15) is 5.69 Å². The van der Waals surface area contributed by atoms with E-state index in [1.807, 2.05) is 6.07 Å². The molecule has 6 nitrogen and oxygen atoms in total. The molecule has 1 aliphatic rings. The molecule has 7 heteroatoms. The molecule has 0 saturated heterocycles. The zero-order chi connectivity index (χ0) is 16.6. The summed E-state index contributed by atoms with van der Waals surface area (Å²) in [5.41, 5.74) is 2.35. The third-order valence-corrected chi connectivity index (χ3v) is 4.55. The Labute approximate surface area is 140 Å². The molecule has 0 bridgehead atoms. The quantitative estimate of drug-likeness (QED) is 0.835. The second-order valence-electron chi connectivity index (χ2n) is 6.01. The fourth-order valence-corrected chi connectivity index (χ4v) is 3.10. The zero-order valence-corrected chi connectivity index (χ0v) is 14.3. The average Bonchev–Trinajstić information content (AvgIpc) is 3.35. The second kappa shape index (κ2) is 6.28. The van der Waals surface area contributed by atoms with Gasteiger partial charge in [0, 0.05) is 6.20 Å². The summed E-state index contributed by atoms with van der Waals surface area (Å²) in [6.45, 7) is 4.46. The van der Waals surface area contributed by atoms with Crippen LogP contribution in [-0.4, -0.2) is 34.4 Å². The number of rotatable bonds is 5. The molecule has 2 aromatic rings. The van der Waals surface area contributed by atoms with E-state index in [1.165, 1.54) is 7.11 Å². The van der Waals surface area contributed by atoms with E-state index in [0.717, 1.165) is 12.0 Å². The minimum Gasteiger partial charge on any atom is -0.480 e. The predicted octanol–water partition coefficient (Wildman–Crippen LogP) is 3.36. The van der Waals surface area contributed by atoms with E-state index in [9.17, 15) is 0 Å². The minimum absolute atomic E-state index is 0.245. The highest BCUT2D eigenvalue weighted by Gasteiger charge is 2.42. The van der Waals surface area contributed by atoms with Gasteiger partial charge >= 0.3 is 6.01 Å². The van der Waals surface area contributed by atoms with Gasteiger partial charge in [0.15, 0.2) is 5.15 Å². The lowest BCUT2D eigenvalue weighted by molar-refractivity contribution is 0.353. The van der Waals surface area contributed by atoms with Crippen molar-refractivity contribution in [1.29, 1.82) is 0 Å². The fraction of sp³-hybridized carbons (Fsp3) is 0.500. The maximum absolute atomic E-state index is 6.25. The van der Waals surface area contributed by atoms with E-state index in [4.69, 9.17) is 21.1 Å². The van der Waals surface area contributed by atoms with Gasteiger partial charge < -0.3 is 9.47 Å². The minimum atomic E-state index is 0.245. The highest BCUT2D eigenvalue weighted by atomic mass is 35.5. The van der Waals surface area contributed by atoms with Gasteiger partial charge in [-0.2, -0.15) is 4.98 Å². The third-order valence-electron chi connectivity index (χ3n) is 4.26. The van der Waals surface area contributed by atoms with Crippen LogP contribution in [0.25, 0.3) is 11.3 Å². The molecule has 0 radical (unpaired) electrons. The smallest absolute Gasteiger partial charge is 0.319 e. The lowest BCUT2D eigenvalue weighted by Gasteiger charge is -2.10. The van der Waals surface area contributed by atoms with Crippen molar-refractivity contribution in [3.05, 3.63) is 23.0 Å². The Morgan fingerprint density at radius 1 is 1.22 bits per heavy atom. The van der Waals surface area contributed by atoms with E-state index in [2.05, 4.69) is 34.0 Å². The molecule has 0 aromatic carbocycles. The van der Waals surface area contributed by atoms with E-state index in [-0.39, 0.29) is 6.01 Å². The molecule has 0 aliphatic heterocycles. The maximum atomic E-state index is 6.25. The van der Waals surface area contributed by atoms with Crippen molar-refractivity contribution in [2.75, 3.05) is 14.2 Å². The standard InChI is InChI=1S/C16H19ClN4O2/c1-8(2)9-5-10(9)11-6-13(20-21-14(11)17)12-7-18-16(23-4)19-15(12)22-3/h6-10H,5H2,1-4H3. The first-order valence-electron chi connectivity index (χ1n) is 7.53. The van der Waals surface area contributed by atoms with Crippen LogP contribution in [0, 0.1) is 11.8 Å². The first-order valence-corrected chi connectivity index (χ1v) is 7.91. The van der Waals surface area contributed by atoms with Crippen molar-refractivity contribution in [3.63, 3.8) is 0 Å². The van der Waals surface area contributed by atoms with Gasteiger partial charge in [-0.1, -0.05) is 25.4 Å². The Morgan fingerprint density at radius 3 is 2.61 bits per heavy atom. The molecule has 0 amide bonds. The normalized spacial score (nSPS) is 19.7. The molecule has 1 fully saturated rings. The van der Waals surface area contributed by atoms with Gasteiger partial charge in [0.25, 0.3) is 0 Å². The van der Waals surface area contributed by atoms with Crippen molar-refractivity contribution < 1.29 is 9.47 Å². The maximum Gasteiger partial charge on any atom is 0.319 e. The number of halogens is 1. The lowest BCUT2D eigenvalue weighted by atomic mass is 10.0. The van der Waals surface area contributed by atoms with Crippen LogP contribution in [0.15, 0.2) is 12.3 Å². The molecule has 1 saturated carbocycles. The summed E-state index contributed by atoms with van der Waals surface area (Å²) in [7, 11) is 3.05. The Balaban J connectivity index is 1.98. The SMILES string of the molecule is COc1ncc(-c2cc(C3CC3C(C)C)c(Cl)nn2)c(OC)n1. The van der Waals surface area contributed by atoms with Crippen molar-refractivity contribution in [2.24, 2.45) is 11.8 Å². The van der Waals surface area contributed by atoms with Crippen LogP contribution in [0.4, 0.5) is 0 Å². The summed E-state index contributed by atoms with van der Waals surface area (Å²) < 4.78 is 10.3. The molecule has 2 unspecified atom stereocenters. The summed E-state index contributed by atoms with van der Waals surface area (Å²) in [6, 6.07) is 2.21. The second-order valence-corrected chi connectivity index (χ2v) is 6.36. The molecule has 2 aromatic heterocycles. The molecule has 1 aliphatic carbocycles. The topological polar surface area (TPSA) is 70.0 Å². The molecule has 0 N–H and O–H groups in total. The number of nitrogens with zero attached hydrogens (tertiary/aromatic N) is 4. The van der Waals surface area contributed by atoms with E-state index in [1.54, 1.807) is 13.3 Å². The van der Waals surface area contributed by atoms with Crippen LogP contribution >= 0.6 is 11.6 Å². The highest BCUT2D eigenvalue weighted by molar-refractivity contribution is 6.30. The summed E-state index contributed by atoms with van der Waals surface area (Å²) >= 11 is 6.25. The van der Waals surface area contributed by atoms with Gasteiger partial charge in [-0.05, 0) is 35.8 Å². The first kappa shape index (κ1) is 15.9. The van der Waals surface area contributed by atoms with Crippen LogP contribution in [0.2, 0.25) is 5.15 Å². The molecular weight excluding hydrogens is 316 g/mol. The molecule has 0 spiro atoms. The lowest BCUT2D eigenvalue weighted by Crippen LogP contribution is -2.01. The summed E-state index contributed by atoms with van der Waals surface area (Å²) in [4.78, 5) is 8.31. The van der Waals surface area contributed by atoms with Gasteiger partial charge in [0.05, 0.1) is 19.8 Å². The number of hydrogen-bond acceptors (Lipinski definition) is 6. The summed E-state index contributed by atoms with van der Waals surface area (Å²) in [6.07, 6.45) is 2.76. The Hall–Kier alpha value is -1.95. The van der Waals surface area contributed by atoms with Gasteiger partial charge in [0.2, 0.25) is 5.88 Å². The van der Waals surface area contributed by atoms with Gasteiger partial charge in [-0.25, -0.2) is 4.98 Å². The van der Waals surface area contributed by atoms with Crippen LogP contribution in [0.5, 0.6) is 11.9 Å². The van der Waals surface area contributed by atoms with Crippen molar-refractivity contribution in [1.82, 2.24) is 20.2 Å². The molecule has 23 heavy (non-hydrogen) atoms. The van der Waals surface area contributed by atoms with Crippen LogP contribution in [0.3, 0.4) is 0 Å². The fourth-order valence-electron chi connectivity index (χ4n) is 2.87. The third kappa shape index (κ3) is 3.08. The number of methoxy groups -OCH3 is 2. The average molecular weight is 335 g/mol. The largest absolute Gasteiger partial charge is 0.480 e. The van der Waals surface area contributed by atoms with Crippen LogP contribution in [-0.2, 0) is 0 Å². The molecule has 2 atom stereocenters. The number of aromatic nitrogens is 4. The Kier molecular flexibility index (Phi) is 4.35. The summed E-state index contributed by atoms with van der Waals surface area (Å²) in [5.74, 6) is 2.13. The van der Waals surface area contributed by atoms with Gasteiger partial charge in [-0.15, -0.1) is 10.2 Å².